The molecule has 3 aromatic rings. The van der Waals surface area contributed by atoms with E-state index in [9.17, 15) is 9.90 Å². The minimum atomic E-state index is -0.505. The Kier molecular flexibility index (Phi) is 6.30. The normalized spacial score (nSPS) is 14.9. The Morgan fingerprint density at radius 2 is 1.94 bits per heavy atom. The number of imidazole rings is 1. The summed E-state index contributed by atoms with van der Waals surface area (Å²) in [4.78, 5) is 21.2. The predicted molar refractivity (Wildman–Crippen MR) is 128 cm³/mol. The van der Waals surface area contributed by atoms with E-state index in [4.69, 9.17) is 26.1 Å². The van der Waals surface area contributed by atoms with E-state index < -0.39 is 5.60 Å². The first-order valence-electron chi connectivity index (χ1n) is 10.9. The molecule has 176 valence electrons. The van der Waals surface area contributed by atoms with Crippen molar-refractivity contribution in [2.45, 2.75) is 32.8 Å². The second kappa shape index (κ2) is 9.02. The van der Waals surface area contributed by atoms with Gasteiger partial charge in [0.15, 0.2) is 0 Å². The van der Waals surface area contributed by atoms with Gasteiger partial charge < -0.3 is 28.8 Å². The molecule has 1 aromatic carbocycles. The molecule has 0 saturated carbocycles. The maximum Gasteiger partial charge on any atom is 0.410 e. The van der Waals surface area contributed by atoms with Gasteiger partial charge in [0.1, 0.15) is 22.7 Å². The molecule has 4 rings (SSSR count). The molecule has 0 radical (unpaired) electrons. The van der Waals surface area contributed by atoms with Crippen LogP contribution in [0.2, 0.25) is 5.02 Å². The Balaban J connectivity index is 1.53. The zero-order valence-corrected chi connectivity index (χ0v) is 20.1. The number of rotatable bonds is 3. The van der Waals surface area contributed by atoms with E-state index >= 15 is 0 Å². The number of methoxy groups -OCH3 is 1. The monoisotopic (exact) mass is 472 g/mol. The van der Waals surface area contributed by atoms with Crippen molar-refractivity contribution < 1.29 is 19.4 Å². The summed E-state index contributed by atoms with van der Waals surface area (Å²) in [5, 5.41) is 10.8. The van der Waals surface area contributed by atoms with Crippen LogP contribution in [0.4, 0.5) is 10.5 Å². The SMILES string of the molecule is COc1cc(O)c(-c2cn3ccc(N4CCCN(C(=O)OC(C)(C)C)CC4)cc3n2)cc1Cl. The summed E-state index contributed by atoms with van der Waals surface area (Å²) in [6.07, 6.45) is 4.38. The van der Waals surface area contributed by atoms with Crippen molar-refractivity contribution in [1.82, 2.24) is 14.3 Å². The minimum absolute atomic E-state index is 0.0506. The molecule has 1 aliphatic heterocycles. The molecule has 1 fully saturated rings. The zero-order chi connectivity index (χ0) is 23.8. The van der Waals surface area contributed by atoms with E-state index in [1.807, 2.05) is 49.7 Å². The number of ether oxygens (including phenoxy) is 2. The Bertz CT molecular complexity index is 1170. The fraction of sp³-hybridized carbons (Fsp3) is 0.417. The van der Waals surface area contributed by atoms with Crippen molar-refractivity contribution in [2.75, 3.05) is 38.2 Å². The molecule has 0 unspecified atom stereocenters. The average molecular weight is 473 g/mol. The molecule has 33 heavy (non-hydrogen) atoms. The summed E-state index contributed by atoms with van der Waals surface area (Å²) < 4.78 is 12.6. The summed E-state index contributed by atoms with van der Waals surface area (Å²) in [6, 6.07) is 7.18. The third kappa shape index (κ3) is 5.11. The van der Waals surface area contributed by atoms with Crippen LogP contribution in [-0.2, 0) is 4.74 Å². The zero-order valence-electron chi connectivity index (χ0n) is 19.3. The molecule has 1 aliphatic rings. The van der Waals surface area contributed by atoms with E-state index in [1.54, 1.807) is 11.0 Å². The van der Waals surface area contributed by atoms with Crippen LogP contribution in [0, 0.1) is 0 Å². The van der Waals surface area contributed by atoms with Crippen molar-refractivity contribution in [3.8, 4) is 22.8 Å². The number of pyridine rings is 1. The third-order valence-corrected chi connectivity index (χ3v) is 5.80. The lowest BCUT2D eigenvalue weighted by Crippen LogP contribution is -2.39. The number of phenols is 1. The summed E-state index contributed by atoms with van der Waals surface area (Å²) in [6.45, 7) is 8.43. The van der Waals surface area contributed by atoms with E-state index in [1.165, 1.54) is 13.2 Å². The van der Waals surface area contributed by atoms with Gasteiger partial charge in [-0.3, -0.25) is 0 Å². The maximum absolute atomic E-state index is 12.4. The molecule has 0 spiro atoms. The number of nitrogens with zero attached hydrogens (tertiary/aromatic N) is 4. The molecule has 1 saturated heterocycles. The number of carbonyl (C=O) groups is 1. The number of halogens is 1. The highest BCUT2D eigenvalue weighted by molar-refractivity contribution is 6.32. The molecule has 0 aliphatic carbocycles. The number of phenolic OH excluding ortho intramolecular Hbond substituents is 1. The first-order chi connectivity index (χ1) is 15.6. The van der Waals surface area contributed by atoms with Crippen molar-refractivity contribution in [3.63, 3.8) is 0 Å². The van der Waals surface area contributed by atoms with Crippen LogP contribution in [0.1, 0.15) is 27.2 Å². The summed E-state index contributed by atoms with van der Waals surface area (Å²) in [5.74, 6) is 0.459. The molecular weight excluding hydrogens is 444 g/mol. The second-order valence-corrected chi connectivity index (χ2v) is 9.50. The van der Waals surface area contributed by atoms with Crippen molar-refractivity contribution in [1.29, 1.82) is 0 Å². The number of hydrogen-bond acceptors (Lipinski definition) is 6. The predicted octanol–water partition coefficient (Wildman–Crippen LogP) is 4.82. The molecular formula is C24H29ClN4O4. The fourth-order valence-electron chi connectivity index (χ4n) is 3.89. The number of amides is 1. The highest BCUT2D eigenvalue weighted by Crippen LogP contribution is 2.37. The topological polar surface area (TPSA) is 79.5 Å². The van der Waals surface area contributed by atoms with Gasteiger partial charge in [0.25, 0.3) is 0 Å². The van der Waals surface area contributed by atoms with Gasteiger partial charge in [0, 0.05) is 62.0 Å². The maximum atomic E-state index is 12.4. The Labute approximate surface area is 198 Å². The van der Waals surface area contributed by atoms with Crippen molar-refractivity contribution in [2.24, 2.45) is 0 Å². The minimum Gasteiger partial charge on any atom is -0.507 e. The highest BCUT2D eigenvalue weighted by atomic mass is 35.5. The van der Waals surface area contributed by atoms with E-state index in [0.717, 1.165) is 24.3 Å². The molecule has 8 nitrogen and oxygen atoms in total. The molecule has 2 aromatic heterocycles. The Hall–Kier alpha value is -3.13. The number of benzene rings is 1. The Morgan fingerprint density at radius 1 is 1.15 bits per heavy atom. The number of aromatic nitrogens is 2. The van der Waals surface area contributed by atoms with Gasteiger partial charge in [0.2, 0.25) is 0 Å². The van der Waals surface area contributed by atoms with Crippen LogP contribution in [-0.4, -0.2) is 64.4 Å². The van der Waals surface area contributed by atoms with Crippen LogP contribution in [0.5, 0.6) is 11.5 Å². The summed E-state index contributed by atoms with van der Waals surface area (Å²) in [7, 11) is 1.50. The molecule has 9 heteroatoms. The van der Waals surface area contributed by atoms with E-state index in [0.29, 0.717) is 41.7 Å². The lowest BCUT2D eigenvalue weighted by Gasteiger charge is -2.27. The van der Waals surface area contributed by atoms with Gasteiger partial charge in [-0.05, 0) is 39.3 Å². The third-order valence-electron chi connectivity index (χ3n) is 5.50. The van der Waals surface area contributed by atoms with Crippen LogP contribution in [0.25, 0.3) is 16.9 Å². The standard InChI is InChI=1S/C24H29ClN4O4/c1-24(2,3)33-23(31)28-8-5-7-27(10-11-28)16-6-9-29-15-19(26-22(29)12-16)17-13-18(25)21(32-4)14-20(17)30/h6,9,12-15,30H,5,7-8,10-11H2,1-4H3. The second-order valence-electron chi connectivity index (χ2n) is 9.09. The van der Waals surface area contributed by atoms with Crippen molar-refractivity contribution >= 4 is 29.0 Å². The van der Waals surface area contributed by atoms with Crippen LogP contribution >= 0.6 is 11.6 Å². The van der Waals surface area contributed by atoms with Gasteiger partial charge in [-0.25, -0.2) is 9.78 Å². The van der Waals surface area contributed by atoms with Gasteiger partial charge in [0.05, 0.1) is 17.8 Å². The van der Waals surface area contributed by atoms with Gasteiger partial charge >= 0.3 is 6.09 Å². The molecule has 1 amide bonds. The lowest BCUT2D eigenvalue weighted by atomic mass is 10.1. The Morgan fingerprint density at radius 3 is 2.67 bits per heavy atom. The first kappa shape index (κ1) is 23.0. The van der Waals surface area contributed by atoms with Gasteiger partial charge in [-0.2, -0.15) is 0 Å². The largest absolute Gasteiger partial charge is 0.507 e. The summed E-state index contributed by atoms with van der Waals surface area (Å²) >= 11 is 6.25. The van der Waals surface area contributed by atoms with E-state index in [-0.39, 0.29) is 11.8 Å². The van der Waals surface area contributed by atoms with Gasteiger partial charge in [-0.1, -0.05) is 11.6 Å². The van der Waals surface area contributed by atoms with Crippen molar-refractivity contribution in [3.05, 3.63) is 41.7 Å². The molecule has 0 bridgehead atoms. The fourth-order valence-corrected chi connectivity index (χ4v) is 4.13. The number of anilines is 1. The lowest BCUT2D eigenvalue weighted by molar-refractivity contribution is 0.0263. The summed E-state index contributed by atoms with van der Waals surface area (Å²) in [5.41, 5.74) is 2.43. The molecule has 3 heterocycles. The number of aromatic hydroxyl groups is 1. The van der Waals surface area contributed by atoms with Crippen LogP contribution in [0.15, 0.2) is 36.7 Å². The number of hydrogen-bond donors (Lipinski definition) is 1. The number of fused-ring (bicyclic) bond motifs is 1. The molecule has 0 atom stereocenters. The molecule has 1 N–H and O–H groups in total. The number of carbonyl (C=O) groups excluding carboxylic acids is 1. The van der Waals surface area contributed by atoms with Gasteiger partial charge in [-0.15, -0.1) is 0 Å². The van der Waals surface area contributed by atoms with E-state index in [2.05, 4.69) is 4.90 Å². The van der Waals surface area contributed by atoms with Crippen LogP contribution in [0.3, 0.4) is 0 Å². The first-order valence-corrected chi connectivity index (χ1v) is 11.3. The average Bonchev–Trinajstić information content (AvgIpc) is 3.01. The highest BCUT2D eigenvalue weighted by Gasteiger charge is 2.24. The smallest absolute Gasteiger partial charge is 0.410 e. The quantitative estimate of drug-likeness (QED) is 0.589. The van der Waals surface area contributed by atoms with Crippen LogP contribution < -0.4 is 9.64 Å².